The number of thioether (sulfide) groups is 1. The lowest BCUT2D eigenvalue weighted by atomic mass is 10.3. The maximum atomic E-state index is 11.0. The topological polar surface area (TPSA) is 132 Å². The Labute approximate surface area is 125 Å². The molecule has 108 valence electrons. The Bertz CT molecular complexity index is 914. The van der Waals surface area contributed by atoms with Gasteiger partial charge in [0.15, 0.2) is 17.4 Å². The van der Waals surface area contributed by atoms with E-state index in [0.29, 0.717) is 21.3 Å². The molecule has 0 bridgehead atoms. The van der Waals surface area contributed by atoms with Crippen molar-refractivity contribution in [3.63, 3.8) is 0 Å². The maximum absolute atomic E-state index is 11.0. The molecule has 0 N–H and O–H groups in total. The zero-order valence-electron chi connectivity index (χ0n) is 10.7. The van der Waals surface area contributed by atoms with Gasteiger partial charge in [0.1, 0.15) is 17.7 Å². The highest BCUT2D eigenvalue weighted by Gasteiger charge is 2.29. The van der Waals surface area contributed by atoms with Gasteiger partial charge in [-0.25, -0.2) is 19.6 Å². The first kappa shape index (κ1) is 12.8. The van der Waals surface area contributed by atoms with Gasteiger partial charge in [0, 0.05) is 11.0 Å². The van der Waals surface area contributed by atoms with Gasteiger partial charge < -0.3 is 0 Å². The molecule has 0 saturated carbocycles. The van der Waals surface area contributed by atoms with E-state index in [-0.39, 0.29) is 17.2 Å². The van der Waals surface area contributed by atoms with Crippen molar-refractivity contribution in [3.05, 3.63) is 22.2 Å². The lowest BCUT2D eigenvalue weighted by molar-refractivity contribution is -0.383. The van der Waals surface area contributed by atoms with Crippen molar-refractivity contribution in [3.8, 4) is 0 Å². The maximum Gasteiger partial charge on any atom is 0.300 e. The van der Waals surface area contributed by atoms with Gasteiger partial charge in [-0.3, -0.25) is 15.1 Å². The van der Waals surface area contributed by atoms with Crippen molar-refractivity contribution < 1.29 is 9.55 Å². The molecule has 0 saturated heterocycles. The highest BCUT2D eigenvalue weighted by Crippen LogP contribution is 2.34. The summed E-state index contributed by atoms with van der Waals surface area (Å²) in [6, 6.07) is 2.60. The molecule has 2 aliphatic rings. The van der Waals surface area contributed by atoms with Gasteiger partial charge in [0.2, 0.25) is 5.52 Å². The zero-order valence-corrected chi connectivity index (χ0v) is 11.5. The average Bonchev–Trinajstić information content (AvgIpc) is 3.16. The fourth-order valence-electron chi connectivity index (χ4n) is 2.05. The summed E-state index contributed by atoms with van der Waals surface area (Å²) < 4.78 is 4.63. The number of nitrogens with zero attached hydrogens (tertiary/aromatic N) is 7. The van der Waals surface area contributed by atoms with Crippen molar-refractivity contribution in [1.29, 1.82) is 0 Å². The van der Waals surface area contributed by atoms with E-state index in [2.05, 4.69) is 34.9 Å². The summed E-state index contributed by atoms with van der Waals surface area (Å²) in [7, 11) is 0. The van der Waals surface area contributed by atoms with Crippen LogP contribution in [0.5, 0.6) is 0 Å². The van der Waals surface area contributed by atoms with Crippen molar-refractivity contribution >= 4 is 52.0 Å². The average molecular weight is 315 g/mol. The Hall–Kier alpha value is -2.95. The van der Waals surface area contributed by atoms with Crippen molar-refractivity contribution in [1.82, 2.24) is 10.3 Å². The summed E-state index contributed by atoms with van der Waals surface area (Å²) >= 11 is 1.27. The monoisotopic (exact) mass is 315 g/mol. The van der Waals surface area contributed by atoms with Crippen LogP contribution in [-0.2, 0) is 0 Å². The van der Waals surface area contributed by atoms with Gasteiger partial charge in [-0.05, 0) is 16.4 Å². The van der Waals surface area contributed by atoms with Crippen LogP contribution in [0.1, 0.15) is 0 Å². The number of nitro benzene ring substituents is 1. The molecule has 0 amide bonds. The van der Waals surface area contributed by atoms with Gasteiger partial charge in [-0.15, -0.1) is 0 Å². The third kappa shape index (κ3) is 1.90. The number of nitro groups is 1. The first-order valence-corrected chi connectivity index (χ1v) is 6.83. The highest BCUT2D eigenvalue weighted by molar-refractivity contribution is 8.14. The van der Waals surface area contributed by atoms with Crippen LogP contribution in [-0.4, -0.2) is 44.8 Å². The van der Waals surface area contributed by atoms with E-state index >= 15 is 0 Å². The van der Waals surface area contributed by atoms with E-state index in [1.54, 1.807) is 6.07 Å². The van der Waals surface area contributed by atoms with Gasteiger partial charge in [0.05, 0.1) is 4.92 Å². The molecule has 0 radical (unpaired) electrons. The minimum absolute atomic E-state index is 0.101. The molecule has 2 aliphatic heterocycles. The number of hydrogen-bond acceptors (Lipinski definition) is 10. The summed E-state index contributed by atoms with van der Waals surface area (Å²) in [4.78, 5) is 27.5. The molecule has 11 heteroatoms. The summed E-state index contributed by atoms with van der Waals surface area (Å²) in [5, 5.41) is 19.0. The number of rotatable bonds is 2. The predicted octanol–water partition coefficient (Wildman–Crippen LogP) is 1.47. The SMILES string of the molecule is O=[N+]([O-])c1ccc(SC2=NC=NC3=NC=NC32)c2nonc12. The molecule has 10 nitrogen and oxygen atoms in total. The zero-order chi connectivity index (χ0) is 15.1. The molecular weight excluding hydrogens is 310 g/mol. The van der Waals surface area contributed by atoms with E-state index in [1.165, 1.54) is 30.5 Å². The first-order chi connectivity index (χ1) is 10.7. The second-order valence-corrected chi connectivity index (χ2v) is 5.33. The van der Waals surface area contributed by atoms with E-state index in [9.17, 15) is 10.1 Å². The van der Waals surface area contributed by atoms with Crippen molar-refractivity contribution in [2.75, 3.05) is 0 Å². The Morgan fingerprint density at radius 3 is 2.91 bits per heavy atom. The molecule has 1 aromatic heterocycles. The second-order valence-electron chi connectivity index (χ2n) is 4.27. The molecular formula is C11H5N7O3S. The number of hydrogen-bond donors (Lipinski definition) is 0. The van der Waals surface area contributed by atoms with Crippen LogP contribution in [0.15, 0.2) is 41.6 Å². The number of aliphatic imine (C=N–C) groups is 4. The smallest absolute Gasteiger partial charge is 0.258 e. The number of non-ortho nitro benzene ring substituents is 1. The first-order valence-electron chi connectivity index (χ1n) is 6.01. The molecule has 0 fully saturated rings. The van der Waals surface area contributed by atoms with E-state index < -0.39 is 4.92 Å². The Morgan fingerprint density at radius 1 is 1.18 bits per heavy atom. The van der Waals surface area contributed by atoms with Crippen LogP contribution in [0.3, 0.4) is 0 Å². The lowest BCUT2D eigenvalue weighted by Gasteiger charge is -2.13. The summed E-state index contributed by atoms with van der Waals surface area (Å²) in [6.45, 7) is 0. The quantitative estimate of drug-likeness (QED) is 0.609. The Morgan fingerprint density at radius 2 is 2.05 bits per heavy atom. The van der Waals surface area contributed by atoms with Crippen LogP contribution in [0.4, 0.5) is 5.69 Å². The lowest BCUT2D eigenvalue weighted by Crippen LogP contribution is -2.25. The standard InChI is InChI=1S/C11H5N7O3S/c19-18(20)5-1-2-6(8-7(5)16-21-17-8)22-11-9-10(13-3-12-9)14-4-15-11/h1-4,9H. The normalized spacial score (nSPS) is 19.2. The molecule has 0 aliphatic carbocycles. The van der Waals surface area contributed by atoms with Crippen LogP contribution >= 0.6 is 11.8 Å². The van der Waals surface area contributed by atoms with Gasteiger partial charge in [0.25, 0.3) is 0 Å². The van der Waals surface area contributed by atoms with Crippen LogP contribution in [0.25, 0.3) is 11.0 Å². The fraction of sp³-hybridized carbons (Fsp3) is 0.0909. The molecule has 3 heterocycles. The third-order valence-electron chi connectivity index (χ3n) is 3.03. The van der Waals surface area contributed by atoms with Crippen LogP contribution in [0, 0.1) is 10.1 Å². The molecule has 2 aromatic rings. The molecule has 1 aromatic carbocycles. The minimum Gasteiger partial charge on any atom is -0.258 e. The number of amidine groups is 1. The van der Waals surface area contributed by atoms with E-state index in [4.69, 9.17) is 0 Å². The molecule has 4 rings (SSSR count). The fourth-order valence-corrected chi connectivity index (χ4v) is 3.02. The van der Waals surface area contributed by atoms with Crippen LogP contribution < -0.4 is 0 Å². The predicted molar refractivity (Wildman–Crippen MR) is 80.0 cm³/mol. The van der Waals surface area contributed by atoms with Crippen LogP contribution in [0.2, 0.25) is 0 Å². The largest absolute Gasteiger partial charge is 0.300 e. The number of aromatic nitrogens is 2. The third-order valence-corrected chi connectivity index (χ3v) is 4.11. The molecule has 1 atom stereocenters. The van der Waals surface area contributed by atoms with Gasteiger partial charge in [-0.1, -0.05) is 11.8 Å². The Balaban J connectivity index is 1.75. The molecule has 0 spiro atoms. The molecule has 22 heavy (non-hydrogen) atoms. The minimum atomic E-state index is -0.530. The number of benzene rings is 1. The van der Waals surface area contributed by atoms with Gasteiger partial charge in [-0.2, -0.15) is 0 Å². The van der Waals surface area contributed by atoms with Crippen molar-refractivity contribution in [2.45, 2.75) is 10.9 Å². The highest BCUT2D eigenvalue weighted by atomic mass is 32.2. The van der Waals surface area contributed by atoms with Crippen molar-refractivity contribution in [2.24, 2.45) is 20.0 Å². The summed E-state index contributed by atoms with van der Waals surface area (Å²) in [6.07, 6.45) is 2.83. The second kappa shape index (κ2) is 4.80. The Kier molecular flexibility index (Phi) is 2.79. The summed E-state index contributed by atoms with van der Waals surface area (Å²) in [5.74, 6) is 0.564. The van der Waals surface area contributed by atoms with E-state index in [1.807, 2.05) is 0 Å². The summed E-state index contributed by atoms with van der Waals surface area (Å²) in [5.41, 5.74) is 0.252. The van der Waals surface area contributed by atoms with Gasteiger partial charge >= 0.3 is 5.69 Å². The molecule has 1 unspecified atom stereocenters. The number of fused-ring (bicyclic) bond motifs is 2. The van der Waals surface area contributed by atoms with E-state index in [0.717, 1.165) is 0 Å².